The van der Waals surface area contributed by atoms with Gasteiger partial charge in [-0.25, -0.2) is 0 Å². The highest BCUT2D eigenvalue weighted by Crippen LogP contribution is 2.23. The summed E-state index contributed by atoms with van der Waals surface area (Å²) >= 11 is 0. The molecule has 1 aliphatic carbocycles. The molecule has 2 nitrogen and oxygen atoms in total. The van der Waals surface area contributed by atoms with Crippen LogP contribution in [-0.2, 0) is 17.6 Å². The van der Waals surface area contributed by atoms with Crippen LogP contribution in [-0.4, -0.2) is 18.1 Å². The Labute approximate surface area is 91.9 Å². The molecule has 0 fully saturated rings. The summed E-state index contributed by atoms with van der Waals surface area (Å²) in [7, 11) is 0. The van der Waals surface area contributed by atoms with Crippen molar-refractivity contribution in [3.8, 4) is 0 Å². The maximum atomic E-state index is 12.1. The lowest BCUT2D eigenvalue weighted by Gasteiger charge is -2.13. The number of carbonyl (C=O) groups is 1. The Morgan fingerprint density at radius 1 is 1.38 bits per heavy atom. The first-order valence-electron chi connectivity index (χ1n) is 5.35. The molecule has 5 heteroatoms. The Balaban J connectivity index is 2.11. The van der Waals surface area contributed by atoms with Gasteiger partial charge in [0.15, 0.2) is 0 Å². The highest BCUT2D eigenvalue weighted by atomic mass is 19.4. The summed E-state index contributed by atoms with van der Waals surface area (Å²) in [6.07, 6.45) is -5.46. The first kappa shape index (κ1) is 9.69. The molecule has 1 aromatic carbocycles. The van der Waals surface area contributed by atoms with Crippen LogP contribution in [0.15, 0.2) is 24.3 Å². The minimum Gasteiger partial charge on any atom is -0.345 e. The van der Waals surface area contributed by atoms with Crippen molar-refractivity contribution in [1.29, 1.82) is 0 Å². The first-order valence-corrected chi connectivity index (χ1v) is 4.77. The highest BCUT2D eigenvalue weighted by molar-refractivity contribution is 5.82. The number of rotatable bonds is 1. The number of nitrogens with one attached hydrogen (secondary N) is 1. The molecule has 0 unspecified atom stereocenters. The molecular formula is C11H10F3NO. The molecule has 0 heterocycles. The van der Waals surface area contributed by atoms with E-state index in [2.05, 4.69) is 0 Å². The zero-order valence-corrected chi connectivity index (χ0v) is 8.21. The average Bonchev–Trinajstić information content (AvgIpc) is 2.55. The Morgan fingerprint density at radius 2 is 2.00 bits per heavy atom. The number of alkyl halides is 3. The van der Waals surface area contributed by atoms with Gasteiger partial charge in [-0.05, 0) is 23.9 Å². The predicted molar refractivity (Wildman–Crippen MR) is 51.8 cm³/mol. The van der Waals surface area contributed by atoms with Crippen LogP contribution < -0.4 is 5.32 Å². The second kappa shape index (κ2) is 3.81. The summed E-state index contributed by atoms with van der Waals surface area (Å²) in [4.78, 5) is 10.8. The Hall–Kier alpha value is -1.52. The van der Waals surface area contributed by atoms with Gasteiger partial charge in [0.2, 0.25) is 0 Å². The largest absolute Gasteiger partial charge is 0.471 e. The van der Waals surface area contributed by atoms with Crippen LogP contribution in [0.4, 0.5) is 13.2 Å². The van der Waals surface area contributed by atoms with Crippen LogP contribution >= 0.6 is 0 Å². The van der Waals surface area contributed by atoms with Gasteiger partial charge >= 0.3 is 12.1 Å². The molecule has 0 saturated carbocycles. The minimum absolute atomic E-state index is 0.270. The van der Waals surface area contributed by atoms with Gasteiger partial charge in [-0.3, -0.25) is 4.79 Å². The van der Waals surface area contributed by atoms with Crippen LogP contribution in [0.25, 0.3) is 0 Å². The molecular weight excluding hydrogens is 219 g/mol. The van der Waals surface area contributed by atoms with E-state index in [0.717, 1.165) is 5.56 Å². The SMILES string of the molecule is [2H][C@@H]1c2ccccc2C[C@@H]1NC(=O)C(F)(F)F. The van der Waals surface area contributed by atoms with Crippen molar-refractivity contribution in [2.45, 2.75) is 25.0 Å². The van der Waals surface area contributed by atoms with Crippen molar-refractivity contribution >= 4 is 5.91 Å². The summed E-state index contributed by atoms with van der Waals surface area (Å²) in [5.74, 6) is -1.98. The zero-order valence-electron chi connectivity index (χ0n) is 9.21. The molecule has 1 aromatic rings. The van der Waals surface area contributed by atoms with Crippen LogP contribution in [0, 0.1) is 0 Å². The summed E-state index contributed by atoms with van der Waals surface area (Å²) in [6.45, 7) is 0. The van der Waals surface area contributed by atoms with Crippen molar-refractivity contribution < 1.29 is 19.3 Å². The lowest BCUT2D eigenvalue weighted by molar-refractivity contribution is -0.174. The van der Waals surface area contributed by atoms with E-state index >= 15 is 0 Å². The topological polar surface area (TPSA) is 29.1 Å². The van der Waals surface area contributed by atoms with Crippen LogP contribution in [0.3, 0.4) is 0 Å². The molecule has 0 saturated heterocycles. The number of hydrogen-bond acceptors (Lipinski definition) is 1. The van der Waals surface area contributed by atoms with Crippen molar-refractivity contribution in [2.75, 3.05) is 0 Å². The molecule has 0 spiro atoms. The molecule has 2 rings (SSSR count). The number of amides is 1. The molecule has 1 aliphatic rings. The summed E-state index contributed by atoms with van der Waals surface area (Å²) in [6, 6.07) is 6.15. The number of benzene rings is 1. The molecule has 0 aliphatic heterocycles. The molecule has 2 atom stereocenters. The van der Waals surface area contributed by atoms with Gasteiger partial charge in [0, 0.05) is 7.41 Å². The molecule has 0 aromatic heterocycles. The number of carbonyl (C=O) groups excluding carboxylic acids is 1. The van der Waals surface area contributed by atoms with Gasteiger partial charge in [0.1, 0.15) is 0 Å². The van der Waals surface area contributed by atoms with Crippen LogP contribution in [0.1, 0.15) is 12.5 Å². The second-order valence-corrected chi connectivity index (χ2v) is 3.65. The first-order chi connectivity index (χ1) is 7.89. The number of hydrogen-bond donors (Lipinski definition) is 1. The van der Waals surface area contributed by atoms with Crippen molar-refractivity contribution in [2.24, 2.45) is 0 Å². The molecule has 86 valence electrons. The average molecular weight is 230 g/mol. The maximum Gasteiger partial charge on any atom is 0.471 e. The van der Waals surface area contributed by atoms with E-state index in [0.29, 0.717) is 5.56 Å². The Kier molecular flexibility index (Phi) is 2.31. The van der Waals surface area contributed by atoms with Crippen molar-refractivity contribution in [1.82, 2.24) is 5.32 Å². The lowest BCUT2D eigenvalue weighted by Crippen LogP contribution is -2.43. The summed E-state index contributed by atoms with van der Waals surface area (Å²) in [5, 5.41) is 1.86. The van der Waals surface area contributed by atoms with Gasteiger partial charge in [0.05, 0.1) is 0 Å². The highest BCUT2D eigenvalue weighted by Gasteiger charge is 2.40. The summed E-state index contributed by atoms with van der Waals surface area (Å²) in [5.41, 5.74) is 1.50. The third kappa shape index (κ3) is 2.18. The molecule has 0 radical (unpaired) electrons. The lowest BCUT2D eigenvalue weighted by atomic mass is 10.1. The Morgan fingerprint density at radius 3 is 2.56 bits per heavy atom. The monoisotopic (exact) mass is 230 g/mol. The third-order valence-electron chi connectivity index (χ3n) is 2.45. The maximum absolute atomic E-state index is 12.1. The fourth-order valence-electron chi connectivity index (χ4n) is 1.74. The van der Waals surface area contributed by atoms with Gasteiger partial charge in [-0.2, -0.15) is 13.2 Å². The van der Waals surface area contributed by atoms with Gasteiger partial charge in [0.25, 0.3) is 0 Å². The van der Waals surface area contributed by atoms with E-state index in [9.17, 15) is 18.0 Å². The van der Waals surface area contributed by atoms with E-state index < -0.39 is 24.5 Å². The normalized spacial score (nSPS) is 24.8. The summed E-state index contributed by atoms with van der Waals surface area (Å²) < 4.78 is 44.0. The quantitative estimate of drug-likeness (QED) is 0.783. The van der Waals surface area contributed by atoms with E-state index in [1.165, 1.54) is 0 Å². The third-order valence-corrected chi connectivity index (χ3v) is 2.45. The minimum atomic E-state index is -4.89. The van der Waals surface area contributed by atoms with E-state index in [1.54, 1.807) is 24.3 Å². The predicted octanol–water partition coefficient (Wildman–Crippen LogP) is 1.83. The molecule has 0 bridgehead atoms. The molecule has 16 heavy (non-hydrogen) atoms. The number of fused-ring (bicyclic) bond motifs is 1. The van der Waals surface area contributed by atoms with E-state index in [4.69, 9.17) is 1.37 Å². The van der Waals surface area contributed by atoms with Gasteiger partial charge in [-0.1, -0.05) is 24.3 Å². The van der Waals surface area contributed by atoms with Crippen LogP contribution in [0.2, 0.25) is 0 Å². The second-order valence-electron chi connectivity index (χ2n) is 3.65. The van der Waals surface area contributed by atoms with Crippen molar-refractivity contribution in [3.05, 3.63) is 35.4 Å². The standard InChI is InChI=1S/C11H10F3NO/c12-11(13,14)10(16)15-9-5-7-3-1-2-4-8(7)6-9/h1-4,9H,5-6H2,(H,15,16)/i5D/t5-,9-/m1/s1. The van der Waals surface area contributed by atoms with E-state index in [-0.39, 0.29) is 6.42 Å². The molecule has 1 N–H and O–H groups in total. The number of halogens is 3. The van der Waals surface area contributed by atoms with Gasteiger partial charge in [-0.15, -0.1) is 0 Å². The van der Waals surface area contributed by atoms with Crippen molar-refractivity contribution in [3.63, 3.8) is 0 Å². The smallest absolute Gasteiger partial charge is 0.345 e. The Bertz CT molecular complexity index is 447. The fourth-order valence-corrected chi connectivity index (χ4v) is 1.74. The van der Waals surface area contributed by atoms with Crippen LogP contribution in [0.5, 0.6) is 0 Å². The fraction of sp³-hybridized carbons (Fsp3) is 0.364. The van der Waals surface area contributed by atoms with Gasteiger partial charge < -0.3 is 5.32 Å². The molecule has 1 amide bonds. The zero-order chi connectivity index (χ0) is 12.6. The van der Waals surface area contributed by atoms with E-state index in [1.807, 2.05) is 5.32 Å².